The Bertz CT molecular complexity index is 988. The maximum absolute atomic E-state index is 12.1. The Labute approximate surface area is 167 Å². The highest BCUT2D eigenvalue weighted by atomic mass is 16.5. The van der Waals surface area contributed by atoms with Crippen LogP contribution in [0, 0.1) is 11.8 Å². The molecule has 1 aliphatic heterocycles. The van der Waals surface area contributed by atoms with Crippen LogP contribution in [0.25, 0.3) is 11.2 Å². The Balaban J connectivity index is 1.64. The van der Waals surface area contributed by atoms with Crippen molar-refractivity contribution < 1.29 is 19.7 Å². The van der Waals surface area contributed by atoms with Crippen LogP contribution in [0.2, 0.25) is 0 Å². The molecule has 10 heteroatoms. The third kappa shape index (κ3) is 3.76. The molecule has 5 N–H and O–H groups in total. The van der Waals surface area contributed by atoms with Gasteiger partial charge >= 0.3 is 0 Å². The summed E-state index contributed by atoms with van der Waals surface area (Å²) in [6, 6.07) is 0. The number of fused-ring (bicyclic) bond motifs is 1. The van der Waals surface area contributed by atoms with E-state index in [-0.39, 0.29) is 24.0 Å². The lowest BCUT2D eigenvalue weighted by atomic mass is 10.0. The molecule has 1 aliphatic carbocycles. The van der Waals surface area contributed by atoms with Crippen molar-refractivity contribution in [2.24, 2.45) is 0 Å². The average Bonchev–Trinajstić information content (AvgIpc) is 3.39. The number of nitrogens with one attached hydrogen (secondary N) is 1. The van der Waals surface area contributed by atoms with Crippen molar-refractivity contribution in [1.82, 2.24) is 24.8 Å². The van der Waals surface area contributed by atoms with E-state index < -0.39 is 24.0 Å². The van der Waals surface area contributed by atoms with E-state index in [0.29, 0.717) is 30.6 Å². The van der Waals surface area contributed by atoms with Crippen LogP contribution in [0.4, 0.5) is 5.82 Å². The van der Waals surface area contributed by atoms with E-state index in [1.165, 1.54) is 6.33 Å². The smallest absolute Gasteiger partial charge is 0.251 e. The predicted octanol–water partition coefficient (Wildman–Crippen LogP) is -0.150. The van der Waals surface area contributed by atoms with E-state index in [1.807, 2.05) is 0 Å². The van der Waals surface area contributed by atoms with Crippen LogP contribution in [0.15, 0.2) is 6.33 Å². The summed E-state index contributed by atoms with van der Waals surface area (Å²) in [4.78, 5) is 24.9. The van der Waals surface area contributed by atoms with E-state index in [4.69, 9.17) is 10.5 Å². The number of nitrogen functional groups attached to an aromatic ring is 1. The number of nitrogens with two attached hydrogens (primary N) is 1. The largest absolute Gasteiger partial charge is 0.390 e. The molecule has 2 fully saturated rings. The summed E-state index contributed by atoms with van der Waals surface area (Å²) in [7, 11) is 0. The summed E-state index contributed by atoms with van der Waals surface area (Å²) in [5, 5.41) is 23.3. The van der Waals surface area contributed by atoms with Crippen LogP contribution in [-0.4, -0.2) is 60.0 Å². The zero-order valence-electron chi connectivity index (χ0n) is 16.1. The number of likely N-dealkylation sites (N-methyl/N-ethyl adjacent to an activating group) is 1. The summed E-state index contributed by atoms with van der Waals surface area (Å²) in [5.74, 6) is 5.66. The Morgan fingerprint density at radius 1 is 1.45 bits per heavy atom. The summed E-state index contributed by atoms with van der Waals surface area (Å²) < 4.78 is 7.38. The van der Waals surface area contributed by atoms with Gasteiger partial charge in [-0.15, -0.1) is 0 Å². The number of anilines is 1. The molecule has 3 atom stereocenters. The lowest BCUT2D eigenvalue weighted by Gasteiger charge is -2.15. The highest BCUT2D eigenvalue weighted by Crippen LogP contribution is 2.32. The molecule has 1 saturated heterocycles. The summed E-state index contributed by atoms with van der Waals surface area (Å²) >= 11 is 0. The van der Waals surface area contributed by atoms with Crippen molar-refractivity contribution in [2.45, 2.75) is 63.1 Å². The first-order valence-corrected chi connectivity index (χ1v) is 9.77. The summed E-state index contributed by atoms with van der Waals surface area (Å²) in [6.45, 7) is 2.24. The number of amides is 1. The molecule has 2 aliphatic rings. The van der Waals surface area contributed by atoms with E-state index in [0.717, 1.165) is 12.8 Å². The van der Waals surface area contributed by atoms with Crippen LogP contribution < -0.4 is 11.1 Å². The zero-order chi connectivity index (χ0) is 20.6. The van der Waals surface area contributed by atoms with Gasteiger partial charge in [0.15, 0.2) is 17.6 Å². The minimum Gasteiger partial charge on any atom is -0.390 e. The maximum atomic E-state index is 12.1. The highest BCUT2D eigenvalue weighted by Gasteiger charge is 2.40. The number of ether oxygens (including phenoxy) is 1. The van der Waals surface area contributed by atoms with Crippen molar-refractivity contribution in [3.05, 3.63) is 12.2 Å². The van der Waals surface area contributed by atoms with Gasteiger partial charge in [0.1, 0.15) is 17.3 Å². The lowest BCUT2D eigenvalue weighted by molar-refractivity contribution is -0.137. The molecule has 0 radical (unpaired) electrons. The number of nitrogens with zero attached hydrogens (tertiary/aromatic N) is 4. The first kappa shape index (κ1) is 19.6. The second-order valence-corrected chi connectivity index (χ2v) is 7.45. The molecular formula is C19H24N6O4. The zero-order valence-corrected chi connectivity index (χ0v) is 16.1. The van der Waals surface area contributed by atoms with Crippen LogP contribution in [0.1, 0.15) is 51.1 Å². The number of imidazole rings is 1. The number of hydrogen-bond acceptors (Lipinski definition) is 8. The van der Waals surface area contributed by atoms with Crippen molar-refractivity contribution in [1.29, 1.82) is 0 Å². The van der Waals surface area contributed by atoms with Crippen molar-refractivity contribution >= 4 is 22.9 Å². The molecule has 154 valence electrons. The molecule has 4 rings (SSSR count). The van der Waals surface area contributed by atoms with Crippen molar-refractivity contribution in [3.8, 4) is 11.8 Å². The topological polar surface area (TPSA) is 148 Å². The molecule has 1 unspecified atom stereocenters. The van der Waals surface area contributed by atoms with Gasteiger partial charge in [0.25, 0.3) is 5.91 Å². The number of hydrogen-bond donors (Lipinski definition) is 4. The number of rotatable bonds is 3. The van der Waals surface area contributed by atoms with Gasteiger partial charge in [-0.05, 0) is 38.5 Å². The number of carbonyl (C=O) groups excluding carboxylic acids is 1. The number of aliphatic hydroxyl groups excluding tert-OH is 1. The predicted molar refractivity (Wildman–Crippen MR) is 103 cm³/mol. The Morgan fingerprint density at radius 2 is 2.21 bits per heavy atom. The highest BCUT2D eigenvalue weighted by molar-refractivity contribution is 5.83. The fourth-order valence-electron chi connectivity index (χ4n) is 3.80. The monoisotopic (exact) mass is 400 g/mol. The lowest BCUT2D eigenvalue weighted by Crippen LogP contribution is -2.40. The van der Waals surface area contributed by atoms with E-state index in [9.17, 15) is 15.0 Å². The minimum atomic E-state index is -1.01. The Hall–Kier alpha value is -2.74. The molecule has 10 nitrogen and oxygen atoms in total. The molecule has 29 heavy (non-hydrogen) atoms. The average molecular weight is 400 g/mol. The summed E-state index contributed by atoms with van der Waals surface area (Å²) in [5.41, 5.74) is 5.79. The standard InChI is InChI=1S/C19H24N6O4/c1-2-21-18(27)15-11(26)9-13(29-15)25-10-22-14-16(20)23-12(24-17(14)25)5-8-19(28)6-3-4-7-19/h10-11,13,15,26,28H,2-4,6-7,9H2,1H3,(H,21,27)(H2,20,23,24)/t11?,13-,15+/m1/s1. The molecule has 1 saturated carbocycles. The number of aromatic nitrogens is 4. The van der Waals surface area contributed by atoms with Crippen LogP contribution in [0.5, 0.6) is 0 Å². The third-order valence-electron chi connectivity index (χ3n) is 5.30. The normalized spacial score (nSPS) is 25.7. The first-order chi connectivity index (χ1) is 13.9. The van der Waals surface area contributed by atoms with E-state index in [1.54, 1.807) is 11.5 Å². The molecule has 0 aromatic carbocycles. The van der Waals surface area contributed by atoms with Crippen LogP contribution in [-0.2, 0) is 9.53 Å². The molecular weight excluding hydrogens is 376 g/mol. The first-order valence-electron chi connectivity index (χ1n) is 9.77. The Kier molecular flexibility index (Phi) is 5.12. The SMILES string of the molecule is CCNC(=O)[C@H]1O[C@@H](n2cnc3c(N)nc(C#CC4(O)CCCC4)nc32)CC1O. The maximum Gasteiger partial charge on any atom is 0.251 e. The fraction of sp³-hybridized carbons (Fsp3) is 0.579. The van der Waals surface area contributed by atoms with Gasteiger partial charge in [-0.25, -0.2) is 15.0 Å². The molecule has 0 spiro atoms. The van der Waals surface area contributed by atoms with Crippen molar-refractivity contribution in [3.63, 3.8) is 0 Å². The third-order valence-corrected chi connectivity index (χ3v) is 5.30. The van der Waals surface area contributed by atoms with Crippen LogP contribution >= 0.6 is 0 Å². The Morgan fingerprint density at radius 3 is 2.93 bits per heavy atom. The fourth-order valence-corrected chi connectivity index (χ4v) is 3.80. The molecule has 2 aromatic rings. The van der Waals surface area contributed by atoms with E-state index in [2.05, 4.69) is 32.1 Å². The van der Waals surface area contributed by atoms with Gasteiger partial charge in [0.2, 0.25) is 5.82 Å². The quantitative estimate of drug-likeness (QED) is 0.520. The second-order valence-electron chi connectivity index (χ2n) is 7.45. The van der Waals surface area contributed by atoms with Gasteiger partial charge in [-0.1, -0.05) is 5.92 Å². The van der Waals surface area contributed by atoms with Gasteiger partial charge in [-0.2, -0.15) is 0 Å². The molecule has 3 heterocycles. The van der Waals surface area contributed by atoms with Gasteiger partial charge in [0.05, 0.1) is 12.4 Å². The molecule has 2 aromatic heterocycles. The number of carbonyl (C=O) groups is 1. The minimum absolute atomic E-state index is 0.162. The summed E-state index contributed by atoms with van der Waals surface area (Å²) in [6.07, 6.45) is 2.30. The van der Waals surface area contributed by atoms with Crippen molar-refractivity contribution in [2.75, 3.05) is 12.3 Å². The van der Waals surface area contributed by atoms with Gasteiger partial charge in [-0.3, -0.25) is 9.36 Å². The number of aliphatic hydroxyl groups is 2. The van der Waals surface area contributed by atoms with Crippen LogP contribution in [0.3, 0.4) is 0 Å². The van der Waals surface area contributed by atoms with Gasteiger partial charge < -0.3 is 26.0 Å². The van der Waals surface area contributed by atoms with E-state index >= 15 is 0 Å². The second kappa shape index (κ2) is 7.59. The molecule has 0 bridgehead atoms. The molecule has 1 amide bonds. The van der Waals surface area contributed by atoms with Gasteiger partial charge in [0, 0.05) is 13.0 Å².